The summed E-state index contributed by atoms with van der Waals surface area (Å²) >= 11 is 0. The lowest BCUT2D eigenvalue weighted by molar-refractivity contribution is -0.783. The van der Waals surface area contributed by atoms with Gasteiger partial charge in [-0.3, -0.25) is 20.2 Å². The highest BCUT2D eigenvalue weighted by molar-refractivity contribution is 5.71. The molecule has 0 saturated carbocycles. The van der Waals surface area contributed by atoms with Crippen molar-refractivity contribution in [3.05, 3.63) is 67.9 Å². The van der Waals surface area contributed by atoms with E-state index < -0.39 is 21.9 Å². The Bertz CT molecular complexity index is 619. The topological polar surface area (TPSA) is 138 Å². The van der Waals surface area contributed by atoms with Gasteiger partial charge in [0.2, 0.25) is 0 Å². The van der Waals surface area contributed by atoms with Crippen molar-refractivity contribution in [3.63, 3.8) is 0 Å². The highest BCUT2D eigenvalue weighted by Crippen LogP contribution is 2.35. The minimum atomic E-state index is -2.51. The second-order valence-corrected chi connectivity index (χ2v) is 4.44. The molecule has 0 atom stereocenters. The normalized spacial score (nSPS) is 17.0. The molecule has 2 rings (SSSR count). The van der Waals surface area contributed by atoms with Gasteiger partial charge in [0.1, 0.15) is 16.3 Å². The van der Waals surface area contributed by atoms with Gasteiger partial charge in [-0.2, -0.15) is 0 Å². The molecule has 0 bridgehead atoms. The summed E-state index contributed by atoms with van der Waals surface area (Å²) in [5, 5.41) is 22.3. The zero-order valence-electron chi connectivity index (χ0n) is 10.4. The van der Waals surface area contributed by atoms with Crippen LogP contribution in [0.15, 0.2) is 42.1 Å². The van der Waals surface area contributed by atoms with Gasteiger partial charge in [-0.1, -0.05) is 18.2 Å². The minimum absolute atomic E-state index is 0.383. The standard InChI is InChI=1S/C12H12N4O4/c13-10-4-1-8(2-5-10)9-3-6-11(14)12(7-9,15(17)18)16(19)20/h1-6H,7,13-14H2. The van der Waals surface area contributed by atoms with Crippen LogP contribution in [0.5, 0.6) is 0 Å². The fraction of sp³-hybridized carbons (Fsp3) is 0.167. The average molecular weight is 276 g/mol. The summed E-state index contributed by atoms with van der Waals surface area (Å²) in [6.45, 7) is 0. The molecule has 0 radical (unpaired) electrons. The number of nitro groups is 2. The first-order chi connectivity index (χ1) is 9.37. The highest BCUT2D eigenvalue weighted by atomic mass is 16.7. The van der Waals surface area contributed by atoms with E-state index in [2.05, 4.69) is 0 Å². The van der Waals surface area contributed by atoms with Crippen molar-refractivity contribution in [3.8, 4) is 0 Å². The minimum Gasteiger partial charge on any atom is -0.399 e. The molecule has 0 unspecified atom stereocenters. The Morgan fingerprint density at radius 1 is 1.00 bits per heavy atom. The summed E-state index contributed by atoms with van der Waals surface area (Å²) in [6, 6.07) is 6.55. The molecule has 0 aliphatic heterocycles. The van der Waals surface area contributed by atoms with Crippen molar-refractivity contribution >= 4 is 11.3 Å². The van der Waals surface area contributed by atoms with Gasteiger partial charge in [-0.15, -0.1) is 0 Å². The van der Waals surface area contributed by atoms with Crippen molar-refractivity contribution < 1.29 is 9.85 Å². The second kappa shape index (κ2) is 4.65. The van der Waals surface area contributed by atoms with E-state index in [1.165, 1.54) is 6.08 Å². The number of hydrogen-bond acceptors (Lipinski definition) is 6. The third-order valence-electron chi connectivity index (χ3n) is 3.25. The number of anilines is 1. The molecule has 0 spiro atoms. The molecule has 0 aromatic heterocycles. The molecular formula is C12H12N4O4. The SMILES string of the molecule is NC1=CC=C(c2ccc(N)cc2)CC1([N+](=O)[O-])[N+](=O)[O-]. The first-order valence-corrected chi connectivity index (χ1v) is 5.69. The first kappa shape index (κ1) is 13.5. The number of nitrogens with two attached hydrogens (primary N) is 2. The van der Waals surface area contributed by atoms with Crippen LogP contribution in [0, 0.1) is 20.2 Å². The molecule has 8 nitrogen and oxygen atoms in total. The lowest BCUT2D eigenvalue weighted by Gasteiger charge is -2.21. The van der Waals surface area contributed by atoms with Crippen molar-refractivity contribution in [2.24, 2.45) is 5.73 Å². The lowest BCUT2D eigenvalue weighted by Crippen LogP contribution is -2.51. The molecule has 1 aliphatic rings. The molecule has 0 fully saturated rings. The molecule has 0 saturated heterocycles. The van der Waals surface area contributed by atoms with E-state index in [1.807, 2.05) is 0 Å². The molecule has 4 N–H and O–H groups in total. The number of benzene rings is 1. The van der Waals surface area contributed by atoms with E-state index in [4.69, 9.17) is 11.5 Å². The van der Waals surface area contributed by atoms with Gasteiger partial charge in [-0.25, -0.2) is 0 Å². The van der Waals surface area contributed by atoms with E-state index >= 15 is 0 Å². The van der Waals surface area contributed by atoms with Crippen LogP contribution in [0.4, 0.5) is 5.69 Å². The summed E-state index contributed by atoms with van der Waals surface area (Å²) in [5.41, 5.74) is 9.80. The third kappa shape index (κ3) is 1.96. The number of nitrogens with zero attached hydrogens (tertiary/aromatic N) is 2. The first-order valence-electron chi connectivity index (χ1n) is 5.69. The zero-order valence-corrected chi connectivity index (χ0v) is 10.4. The van der Waals surface area contributed by atoms with Crippen molar-refractivity contribution in [2.45, 2.75) is 12.1 Å². The van der Waals surface area contributed by atoms with E-state index in [-0.39, 0.29) is 5.70 Å². The van der Waals surface area contributed by atoms with Gasteiger partial charge in [0.05, 0.1) is 0 Å². The summed E-state index contributed by atoms with van der Waals surface area (Å²) in [4.78, 5) is 20.4. The maximum Gasteiger partial charge on any atom is 0.501 e. The Morgan fingerprint density at radius 3 is 2.05 bits per heavy atom. The molecular weight excluding hydrogens is 264 g/mol. The van der Waals surface area contributed by atoms with E-state index in [0.29, 0.717) is 16.8 Å². The van der Waals surface area contributed by atoms with Gasteiger partial charge in [0, 0.05) is 5.69 Å². The Kier molecular flexibility index (Phi) is 3.15. The molecule has 8 heteroatoms. The van der Waals surface area contributed by atoms with Gasteiger partial charge in [0.25, 0.3) is 0 Å². The van der Waals surface area contributed by atoms with E-state index in [0.717, 1.165) is 0 Å². The maximum absolute atomic E-state index is 11.2. The van der Waals surface area contributed by atoms with Crippen LogP contribution < -0.4 is 11.5 Å². The quantitative estimate of drug-likeness (QED) is 0.367. The van der Waals surface area contributed by atoms with E-state index in [9.17, 15) is 20.2 Å². The molecule has 1 aromatic carbocycles. The molecule has 1 aromatic rings. The fourth-order valence-electron chi connectivity index (χ4n) is 2.05. The van der Waals surface area contributed by atoms with Crippen molar-refractivity contribution in [2.75, 3.05) is 5.73 Å². The van der Waals surface area contributed by atoms with Crippen LogP contribution in [0.25, 0.3) is 5.57 Å². The van der Waals surface area contributed by atoms with Crippen molar-refractivity contribution in [1.82, 2.24) is 0 Å². The van der Waals surface area contributed by atoms with Gasteiger partial charge >= 0.3 is 5.66 Å². The van der Waals surface area contributed by atoms with Crippen LogP contribution in [-0.4, -0.2) is 15.5 Å². The largest absolute Gasteiger partial charge is 0.501 e. The van der Waals surface area contributed by atoms with Crippen LogP contribution in [0.1, 0.15) is 12.0 Å². The Morgan fingerprint density at radius 2 is 1.55 bits per heavy atom. The number of rotatable bonds is 3. The highest BCUT2D eigenvalue weighted by Gasteiger charge is 2.60. The smallest absolute Gasteiger partial charge is 0.399 e. The van der Waals surface area contributed by atoms with Gasteiger partial charge in [-0.05, 0) is 29.3 Å². The monoisotopic (exact) mass is 276 g/mol. The molecule has 20 heavy (non-hydrogen) atoms. The van der Waals surface area contributed by atoms with E-state index in [1.54, 1.807) is 30.3 Å². The van der Waals surface area contributed by atoms with Gasteiger partial charge < -0.3 is 11.5 Å². The summed E-state index contributed by atoms with van der Waals surface area (Å²) in [6.07, 6.45) is 2.35. The molecule has 1 aliphatic carbocycles. The second-order valence-electron chi connectivity index (χ2n) is 4.44. The average Bonchev–Trinajstić information content (AvgIpc) is 2.39. The number of hydrogen-bond donors (Lipinski definition) is 2. The van der Waals surface area contributed by atoms with Crippen LogP contribution in [0.3, 0.4) is 0 Å². The molecule has 0 amide bonds. The predicted octanol–water partition coefficient (Wildman–Crippen LogP) is 1.15. The van der Waals surface area contributed by atoms with Crippen LogP contribution >= 0.6 is 0 Å². The third-order valence-corrected chi connectivity index (χ3v) is 3.25. The summed E-state index contributed by atoms with van der Waals surface area (Å²) in [7, 11) is 0. The van der Waals surface area contributed by atoms with Crippen LogP contribution in [0.2, 0.25) is 0 Å². The zero-order chi connectivity index (χ0) is 14.9. The van der Waals surface area contributed by atoms with Gasteiger partial charge in [0.15, 0.2) is 5.70 Å². The summed E-state index contributed by atoms with van der Waals surface area (Å²) < 4.78 is 0. The number of nitrogen functional groups attached to an aromatic ring is 1. The molecule has 104 valence electrons. The lowest BCUT2D eigenvalue weighted by atomic mass is 9.88. The maximum atomic E-state index is 11.2. The Balaban J connectivity index is 2.48. The van der Waals surface area contributed by atoms with Crippen LogP contribution in [-0.2, 0) is 0 Å². The Labute approximate surface area is 113 Å². The fourth-order valence-corrected chi connectivity index (χ4v) is 2.05. The predicted molar refractivity (Wildman–Crippen MR) is 72.4 cm³/mol. The summed E-state index contributed by atoms with van der Waals surface area (Å²) in [5.74, 6) is 0. The Hall–Kier alpha value is -2.90. The number of allylic oxidation sites excluding steroid dienone is 2. The van der Waals surface area contributed by atoms with Crippen molar-refractivity contribution in [1.29, 1.82) is 0 Å². The molecule has 0 heterocycles.